The first kappa shape index (κ1) is 14.9. The van der Waals surface area contributed by atoms with E-state index >= 15 is 0 Å². The van der Waals surface area contributed by atoms with Crippen LogP contribution >= 0.6 is 0 Å². The maximum Gasteiger partial charge on any atom is 0.181 e. The van der Waals surface area contributed by atoms with Gasteiger partial charge in [0.15, 0.2) is 9.84 Å². The molecule has 18 heavy (non-hydrogen) atoms. The standard InChI is InChI=1S/C12H18FNO3S/c1-12(2,17-3)6-7-18(15,16)11-5-4-9(14)8-10(11)13/h4-5,8H,6-7,14H2,1-3H3. The van der Waals surface area contributed by atoms with Crippen LogP contribution in [0.25, 0.3) is 0 Å². The molecule has 0 spiro atoms. The van der Waals surface area contributed by atoms with Gasteiger partial charge in [-0.3, -0.25) is 0 Å². The largest absolute Gasteiger partial charge is 0.399 e. The second-order valence-electron chi connectivity index (χ2n) is 4.72. The Bertz CT molecular complexity index is 526. The SMILES string of the molecule is COC(C)(C)CCS(=O)(=O)c1ccc(N)cc1F. The molecule has 0 aliphatic carbocycles. The summed E-state index contributed by atoms with van der Waals surface area (Å²) in [4.78, 5) is -0.316. The number of rotatable bonds is 5. The van der Waals surface area contributed by atoms with Gasteiger partial charge in [-0.1, -0.05) is 0 Å². The van der Waals surface area contributed by atoms with E-state index in [-0.39, 0.29) is 22.8 Å². The minimum atomic E-state index is -3.66. The maximum absolute atomic E-state index is 13.6. The van der Waals surface area contributed by atoms with Gasteiger partial charge in [0.1, 0.15) is 10.7 Å². The number of sulfone groups is 1. The maximum atomic E-state index is 13.6. The molecule has 0 saturated carbocycles. The van der Waals surface area contributed by atoms with E-state index in [1.807, 2.05) is 0 Å². The van der Waals surface area contributed by atoms with Crippen molar-refractivity contribution in [1.82, 2.24) is 0 Å². The van der Waals surface area contributed by atoms with Gasteiger partial charge in [-0.25, -0.2) is 12.8 Å². The Hall–Kier alpha value is -1.14. The van der Waals surface area contributed by atoms with Crippen LogP contribution in [0.4, 0.5) is 10.1 Å². The molecule has 0 heterocycles. The zero-order chi connectivity index (χ0) is 14.0. The molecule has 1 aromatic rings. The van der Waals surface area contributed by atoms with Crippen molar-refractivity contribution in [3.05, 3.63) is 24.0 Å². The van der Waals surface area contributed by atoms with Crippen LogP contribution in [-0.4, -0.2) is 26.9 Å². The molecule has 0 unspecified atom stereocenters. The van der Waals surface area contributed by atoms with Crippen LogP contribution in [0.1, 0.15) is 20.3 Å². The molecule has 0 aliphatic rings. The lowest BCUT2D eigenvalue weighted by Crippen LogP contribution is -2.26. The third-order valence-corrected chi connectivity index (χ3v) is 4.56. The summed E-state index contributed by atoms with van der Waals surface area (Å²) in [6, 6.07) is 3.57. The molecule has 4 nitrogen and oxygen atoms in total. The van der Waals surface area contributed by atoms with E-state index in [4.69, 9.17) is 10.5 Å². The summed E-state index contributed by atoms with van der Waals surface area (Å²) in [5, 5.41) is 0. The molecule has 0 aliphatic heterocycles. The normalized spacial score (nSPS) is 12.7. The fourth-order valence-electron chi connectivity index (χ4n) is 1.36. The first-order valence-corrected chi connectivity index (χ1v) is 7.16. The fourth-order valence-corrected chi connectivity index (χ4v) is 2.97. The number of nitrogens with two attached hydrogens (primary N) is 1. The van der Waals surface area contributed by atoms with Crippen LogP contribution in [0.2, 0.25) is 0 Å². The van der Waals surface area contributed by atoms with Crippen molar-refractivity contribution in [2.75, 3.05) is 18.6 Å². The van der Waals surface area contributed by atoms with Gasteiger partial charge in [0.25, 0.3) is 0 Å². The Labute approximate surface area is 107 Å². The van der Waals surface area contributed by atoms with Crippen molar-refractivity contribution in [1.29, 1.82) is 0 Å². The quantitative estimate of drug-likeness (QED) is 0.834. The highest BCUT2D eigenvalue weighted by atomic mass is 32.2. The molecule has 0 fully saturated rings. The number of methoxy groups -OCH3 is 1. The molecule has 0 aromatic heterocycles. The number of nitrogen functional groups attached to an aromatic ring is 1. The summed E-state index contributed by atoms with van der Waals surface area (Å²) in [6.45, 7) is 3.56. The van der Waals surface area contributed by atoms with Gasteiger partial charge in [0.2, 0.25) is 0 Å². The van der Waals surface area contributed by atoms with E-state index in [0.717, 1.165) is 6.07 Å². The Morgan fingerprint density at radius 1 is 1.39 bits per heavy atom. The lowest BCUT2D eigenvalue weighted by Gasteiger charge is -2.22. The number of hydrogen-bond acceptors (Lipinski definition) is 4. The smallest absolute Gasteiger partial charge is 0.181 e. The molecular formula is C12H18FNO3S. The van der Waals surface area contributed by atoms with Crippen molar-refractivity contribution in [2.24, 2.45) is 0 Å². The average Bonchev–Trinajstić information content (AvgIpc) is 2.26. The number of anilines is 1. The van der Waals surface area contributed by atoms with Crippen molar-refractivity contribution in [3.63, 3.8) is 0 Å². The average molecular weight is 275 g/mol. The molecule has 0 amide bonds. The number of ether oxygens (including phenoxy) is 1. The first-order valence-electron chi connectivity index (χ1n) is 5.51. The zero-order valence-corrected chi connectivity index (χ0v) is 11.6. The molecule has 102 valence electrons. The number of hydrogen-bond donors (Lipinski definition) is 1. The van der Waals surface area contributed by atoms with Crippen LogP contribution in [0.15, 0.2) is 23.1 Å². The second kappa shape index (κ2) is 5.24. The van der Waals surface area contributed by atoms with Crippen LogP contribution in [0.5, 0.6) is 0 Å². The monoisotopic (exact) mass is 275 g/mol. The van der Waals surface area contributed by atoms with Crippen LogP contribution in [0.3, 0.4) is 0 Å². The van der Waals surface area contributed by atoms with Crippen molar-refractivity contribution in [3.8, 4) is 0 Å². The lowest BCUT2D eigenvalue weighted by atomic mass is 10.1. The Kier molecular flexibility index (Phi) is 4.34. The Balaban J connectivity index is 2.94. The molecule has 6 heteroatoms. The zero-order valence-electron chi connectivity index (χ0n) is 10.7. The molecule has 0 saturated heterocycles. The van der Waals surface area contributed by atoms with Crippen LogP contribution in [-0.2, 0) is 14.6 Å². The van der Waals surface area contributed by atoms with Gasteiger partial charge in [-0.2, -0.15) is 0 Å². The topological polar surface area (TPSA) is 69.4 Å². The van der Waals surface area contributed by atoms with E-state index in [1.54, 1.807) is 13.8 Å². The lowest BCUT2D eigenvalue weighted by molar-refractivity contribution is 0.0203. The van der Waals surface area contributed by atoms with Crippen LogP contribution < -0.4 is 5.73 Å². The third-order valence-electron chi connectivity index (χ3n) is 2.82. The molecule has 2 N–H and O–H groups in total. The fraction of sp³-hybridized carbons (Fsp3) is 0.500. The van der Waals surface area contributed by atoms with Gasteiger partial charge in [-0.15, -0.1) is 0 Å². The van der Waals surface area contributed by atoms with Gasteiger partial charge in [-0.05, 0) is 38.5 Å². The number of halogens is 1. The highest BCUT2D eigenvalue weighted by Gasteiger charge is 2.24. The Morgan fingerprint density at radius 3 is 2.50 bits per heavy atom. The van der Waals surface area contributed by atoms with Gasteiger partial charge in [0, 0.05) is 12.8 Å². The van der Waals surface area contributed by atoms with Gasteiger partial charge >= 0.3 is 0 Å². The second-order valence-corrected chi connectivity index (χ2v) is 6.80. The highest BCUT2D eigenvalue weighted by Crippen LogP contribution is 2.22. The van der Waals surface area contributed by atoms with E-state index in [0.29, 0.717) is 0 Å². The summed E-state index contributed by atoms with van der Waals surface area (Å²) in [5.41, 5.74) is 5.02. The molecule has 0 atom stereocenters. The minimum absolute atomic E-state index is 0.172. The summed E-state index contributed by atoms with van der Waals surface area (Å²) in [5.74, 6) is -0.987. The Morgan fingerprint density at radius 2 is 2.00 bits per heavy atom. The van der Waals surface area contributed by atoms with E-state index in [1.165, 1.54) is 19.2 Å². The van der Waals surface area contributed by atoms with Crippen molar-refractivity contribution < 1.29 is 17.5 Å². The summed E-state index contributed by atoms with van der Waals surface area (Å²) < 4.78 is 42.7. The predicted molar refractivity (Wildman–Crippen MR) is 68.6 cm³/mol. The summed E-state index contributed by atoms with van der Waals surface area (Å²) in [7, 11) is -2.15. The summed E-state index contributed by atoms with van der Waals surface area (Å²) >= 11 is 0. The first-order chi connectivity index (χ1) is 8.18. The van der Waals surface area contributed by atoms with E-state index < -0.39 is 21.3 Å². The van der Waals surface area contributed by atoms with E-state index in [9.17, 15) is 12.8 Å². The van der Waals surface area contributed by atoms with Crippen molar-refractivity contribution >= 4 is 15.5 Å². The number of benzene rings is 1. The third kappa shape index (κ3) is 3.68. The van der Waals surface area contributed by atoms with E-state index in [2.05, 4.69) is 0 Å². The molecule has 0 radical (unpaired) electrons. The minimum Gasteiger partial charge on any atom is -0.399 e. The van der Waals surface area contributed by atoms with Gasteiger partial charge in [0.05, 0.1) is 11.4 Å². The van der Waals surface area contributed by atoms with Crippen LogP contribution in [0, 0.1) is 5.82 Å². The predicted octanol–water partition coefficient (Wildman–Crippen LogP) is 2.00. The summed E-state index contributed by atoms with van der Waals surface area (Å²) in [6.07, 6.45) is 0.287. The molecule has 1 rings (SSSR count). The molecule has 0 bridgehead atoms. The molecule has 1 aromatic carbocycles. The van der Waals surface area contributed by atoms with Gasteiger partial charge < -0.3 is 10.5 Å². The molecular weight excluding hydrogens is 257 g/mol. The van der Waals surface area contributed by atoms with Crippen molar-refractivity contribution in [2.45, 2.75) is 30.8 Å². The highest BCUT2D eigenvalue weighted by molar-refractivity contribution is 7.91.